The van der Waals surface area contributed by atoms with Gasteiger partial charge in [0.05, 0.1) is 5.52 Å². The highest BCUT2D eigenvalue weighted by Gasteiger charge is 2.16. The number of aromatic nitrogens is 1. The van der Waals surface area contributed by atoms with Crippen molar-refractivity contribution in [3.05, 3.63) is 75.9 Å². The third-order valence-corrected chi connectivity index (χ3v) is 5.16. The van der Waals surface area contributed by atoms with E-state index in [4.69, 9.17) is 28.9 Å². The molecule has 0 bridgehead atoms. The van der Waals surface area contributed by atoms with E-state index < -0.39 is 0 Å². The molecule has 0 aliphatic carbocycles. The molecule has 2 atom stereocenters. The third-order valence-electron chi connectivity index (χ3n) is 4.68. The zero-order valence-corrected chi connectivity index (χ0v) is 16.3. The molecular weight excluding hydrogens is 365 g/mol. The van der Waals surface area contributed by atoms with Crippen LogP contribution in [0.25, 0.3) is 10.9 Å². The van der Waals surface area contributed by atoms with E-state index >= 15 is 0 Å². The van der Waals surface area contributed by atoms with E-state index in [0.717, 1.165) is 40.9 Å². The summed E-state index contributed by atoms with van der Waals surface area (Å²) >= 11 is 12.0. The van der Waals surface area contributed by atoms with Crippen molar-refractivity contribution in [3.63, 3.8) is 0 Å². The first-order valence-electron chi connectivity index (χ1n) is 8.84. The lowest BCUT2D eigenvalue weighted by Crippen LogP contribution is -2.31. The standard InChI is InChI=1S/C21H23Cl2N3/c1-2-17(26-13-14-3-5-15(22)6-4-14)12-20(24)18-9-10-25-21-11-16(23)7-8-19(18)21/h3-11,17,20,26H,2,12-13,24H2,1H3. The van der Waals surface area contributed by atoms with Crippen LogP contribution in [0.4, 0.5) is 0 Å². The number of nitrogens with two attached hydrogens (primary N) is 1. The molecule has 2 unspecified atom stereocenters. The van der Waals surface area contributed by atoms with Gasteiger partial charge in [-0.25, -0.2) is 0 Å². The first-order valence-corrected chi connectivity index (χ1v) is 9.60. The summed E-state index contributed by atoms with van der Waals surface area (Å²) in [4.78, 5) is 4.40. The summed E-state index contributed by atoms with van der Waals surface area (Å²) in [6.07, 6.45) is 3.66. The van der Waals surface area contributed by atoms with E-state index in [0.29, 0.717) is 11.1 Å². The maximum atomic E-state index is 6.55. The van der Waals surface area contributed by atoms with Crippen LogP contribution >= 0.6 is 23.2 Å². The van der Waals surface area contributed by atoms with E-state index in [1.807, 2.05) is 48.5 Å². The summed E-state index contributed by atoms with van der Waals surface area (Å²) in [6.45, 7) is 2.98. The molecule has 2 aromatic carbocycles. The zero-order chi connectivity index (χ0) is 18.5. The monoisotopic (exact) mass is 387 g/mol. The van der Waals surface area contributed by atoms with Crippen molar-refractivity contribution in [3.8, 4) is 0 Å². The Bertz CT molecular complexity index is 865. The van der Waals surface area contributed by atoms with Crippen LogP contribution in [0.5, 0.6) is 0 Å². The van der Waals surface area contributed by atoms with Crippen molar-refractivity contribution in [2.75, 3.05) is 0 Å². The average Bonchev–Trinajstić information content (AvgIpc) is 2.65. The molecule has 0 saturated carbocycles. The van der Waals surface area contributed by atoms with Crippen molar-refractivity contribution in [1.82, 2.24) is 10.3 Å². The maximum absolute atomic E-state index is 6.55. The number of nitrogens with zero attached hydrogens (tertiary/aromatic N) is 1. The number of fused-ring (bicyclic) bond motifs is 1. The fourth-order valence-corrected chi connectivity index (χ4v) is 3.45. The van der Waals surface area contributed by atoms with Crippen LogP contribution in [0.1, 0.15) is 36.9 Å². The number of hydrogen-bond acceptors (Lipinski definition) is 3. The number of nitrogens with one attached hydrogen (secondary N) is 1. The molecule has 1 aromatic heterocycles. The van der Waals surface area contributed by atoms with Gasteiger partial charge in [-0.2, -0.15) is 0 Å². The normalized spacial score (nSPS) is 13.7. The molecule has 0 spiro atoms. The number of pyridine rings is 1. The summed E-state index contributed by atoms with van der Waals surface area (Å²) in [7, 11) is 0. The smallest absolute Gasteiger partial charge is 0.0720 e. The van der Waals surface area contributed by atoms with Crippen molar-refractivity contribution in [1.29, 1.82) is 0 Å². The summed E-state index contributed by atoms with van der Waals surface area (Å²) in [5, 5.41) is 6.11. The molecule has 0 amide bonds. The lowest BCUT2D eigenvalue weighted by atomic mass is 9.96. The Kier molecular flexibility index (Phi) is 6.49. The van der Waals surface area contributed by atoms with Crippen LogP contribution in [0.2, 0.25) is 10.0 Å². The highest BCUT2D eigenvalue weighted by Crippen LogP contribution is 2.27. The molecule has 3 aromatic rings. The van der Waals surface area contributed by atoms with Gasteiger partial charge < -0.3 is 11.1 Å². The van der Waals surface area contributed by atoms with Crippen molar-refractivity contribution >= 4 is 34.1 Å². The number of benzene rings is 2. The lowest BCUT2D eigenvalue weighted by molar-refractivity contribution is 0.432. The second-order valence-corrected chi connectivity index (χ2v) is 7.39. The Balaban J connectivity index is 1.69. The molecule has 0 aliphatic rings. The van der Waals surface area contributed by atoms with Gasteiger partial charge in [0, 0.05) is 40.3 Å². The molecule has 5 heteroatoms. The topological polar surface area (TPSA) is 50.9 Å². The molecule has 1 heterocycles. The maximum Gasteiger partial charge on any atom is 0.0720 e. The van der Waals surface area contributed by atoms with Crippen LogP contribution in [0.15, 0.2) is 54.7 Å². The first-order chi connectivity index (χ1) is 12.6. The van der Waals surface area contributed by atoms with Gasteiger partial charge in [0.2, 0.25) is 0 Å². The van der Waals surface area contributed by atoms with Gasteiger partial charge in [0.15, 0.2) is 0 Å². The van der Waals surface area contributed by atoms with Crippen LogP contribution < -0.4 is 11.1 Å². The minimum atomic E-state index is -0.0654. The van der Waals surface area contributed by atoms with Crippen LogP contribution in [0.3, 0.4) is 0 Å². The number of rotatable bonds is 7. The minimum Gasteiger partial charge on any atom is -0.324 e. The molecule has 0 aliphatic heterocycles. The number of halogens is 2. The van der Waals surface area contributed by atoms with E-state index in [2.05, 4.69) is 17.2 Å². The summed E-state index contributed by atoms with van der Waals surface area (Å²) in [5.74, 6) is 0. The summed E-state index contributed by atoms with van der Waals surface area (Å²) in [6, 6.07) is 16.0. The lowest BCUT2D eigenvalue weighted by Gasteiger charge is -2.22. The Morgan fingerprint density at radius 2 is 1.77 bits per heavy atom. The van der Waals surface area contributed by atoms with Gasteiger partial charge in [0.25, 0.3) is 0 Å². The van der Waals surface area contributed by atoms with E-state index in [1.54, 1.807) is 6.20 Å². The zero-order valence-electron chi connectivity index (χ0n) is 14.8. The van der Waals surface area contributed by atoms with E-state index in [-0.39, 0.29) is 6.04 Å². The third kappa shape index (κ3) is 4.74. The molecule has 0 saturated heterocycles. The Labute approximate surface area is 164 Å². The van der Waals surface area contributed by atoms with Crippen LogP contribution in [0, 0.1) is 0 Å². The minimum absolute atomic E-state index is 0.0654. The SMILES string of the molecule is CCC(CC(N)c1ccnc2cc(Cl)ccc12)NCc1ccc(Cl)cc1. The molecule has 0 fully saturated rings. The second-order valence-electron chi connectivity index (χ2n) is 6.52. The first kappa shape index (κ1) is 19.1. The van der Waals surface area contributed by atoms with Gasteiger partial charge in [-0.1, -0.05) is 48.3 Å². The second kappa shape index (κ2) is 8.83. The van der Waals surface area contributed by atoms with E-state index in [9.17, 15) is 0 Å². The molecule has 26 heavy (non-hydrogen) atoms. The summed E-state index contributed by atoms with van der Waals surface area (Å²) in [5.41, 5.74) is 9.75. The quantitative estimate of drug-likeness (QED) is 0.562. The van der Waals surface area contributed by atoms with Crippen LogP contribution in [-0.2, 0) is 6.54 Å². The van der Waals surface area contributed by atoms with Gasteiger partial charge in [-0.15, -0.1) is 0 Å². The van der Waals surface area contributed by atoms with Crippen LogP contribution in [-0.4, -0.2) is 11.0 Å². The molecule has 0 radical (unpaired) electrons. The molecule has 3 N–H and O–H groups in total. The van der Waals surface area contributed by atoms with Gasteiger partial charge in [-0.05, 0) is 54.3 Å². The van der Waals surface area contributed by atoms with Crippen molar-refractivity contribution in [2.24, 2.45) is 5.73 Å². The van der Waals surface area contributed by atoms with E-state index in [1.165, 1.54) is 5.56 Å². The fourth-order valence-electron chi connectivity index (χ4n) is 3.16. The molecule has 3 rings (SSSR count). The highest BCUT2D eigenvalue weighted by atomic mass is 35.5. The average molecular weight is 388 g/mol. The molecular formula is C21H23Cl2N3. The largest absolute Gasteiger partial charge is 0.324 e. The summed E-state index contributed by atoms with van der Waals surface area (Å²) < 4.78 is 0. The van der Waals surface area contributed by atoms with Gasteiger partial charge in [-0.3, -0.25) is 4.98 Å². The van der Waals surface area contributed by atoms with Gasteiger partial charge in [0.1, 0.15) is 0 Å². The number of hydrogen-bond donors (Lipinski definition) is 2. The van der Waals surface area contributed by atoms with Gasteiger partial charge >= 0.3 is 0 Å². The Hall–Kier alpha value is -1.65. The Morgan fingerprint density at radius 1 is 1.04 bits per heavy atom. The predicted octanol–water partition coefficient (Wildman–Crippen LogP) is 5.50. The van der Waals surface area contributed by atoms with Crippen molar-refractivity contribution < 1.29 is 0 Å². The highest BCUT2D eigenvalue weighted by molar-refractivity contribution is 6.31. The van der Waals surface area contributed by atoms with Crippen molar-refractivity contribution in [2.45, 2.75) is 38.4 Å². The molecule has 3 nitrogen and oxygen atoms in total. The Morgan fingerprint density at radius 3 is 2.50 bits per heavy atom. The predicted molar refractivity (Wildman–Crippen MR) is 111 cm³/mol. The fraction of sp³-hybridized carbons (Fsp3) is 0.286. The molecule has 136 valence electrons.